The molecule has 8 nitrogen and oxygen atoms in total. The van der Waals surface area contributed by atoms with Crippen molar-refractivity contribution in [3.63, 3.8) is 0 Å². The van der Waals surface area contributed by atoms with Crippen LogP contribution in [0, 0.1) is 12.8 Å². The lowest BCUT2D eigenvalue weighted by molar-refractivity contribution is 0.0926. The second-order valence-corrected chi connectivity index (χ2v) is 6.79. The lowest BCUT2D eigenvalue weighted by Gasteiger charge is -2.31. The molecule has 1 fully saturated rings. The van der Waals surface area contributed by atoms with Gasteiger partial charge in [-0.15, -0.1) is 0 Å². The minimum absolute atomic E-state index is 0.128. The Hall–Kier alpha value is -2.61. The SMILES string of the molecule is COc1cc(OC)cc(C(=O)NC[C@@H]2CCCN(Cc3nc(C)no3)C2)c1. The molecule has 1 amide bonds. The molecule has 3 rings (SSSR count). The predicted octanol–water partition coefficient (Wildman–Crippen LogP) is 2.04. The lowest BCUT2D eigenvalue weighted by Crippen LogP contribution is -2.40. The highest BCUT2D eigenvalue weighted by atomic mass is 16.5. The average molecular weight is 374 g/mol. The third-order valence-corrected chi connectivity index (χ3v) is 4.70. The predicted molar refractivity (Wildman–Crippen MR) is 98.9 cm³/mol. The van der Waals surface area contributed by atoms with E-state index < -0.39 is 0 Å². The van der Waals surface area contributed by atoms with Gasteiger partial charge in [0.1, 0.15) is 11.5 Å². The fraction of sp³-hybridized carbons (Fsp3) is 0.526. The Balaban J connectivity index is 1.53. The zero-order chi connectivity index (χ0) is 19.2. The van der Waals surface area contributed by atoms with Gasteiger partial charge in [-0.1, -0.05) is 5.16 Å². The summed E-state index contributed by atoms with van der Waals surface area (Å²) in [7, 11) is 3.13. The number of piperidine rings is 1. The number of hydrogen-bond acceptors (Lipinski definition) is 7. The highest BCUT2D eigenvalue weighted by molar-refractivity contribution is 5.95. The Morgan fingerprint density at radius 1 is 1.30 bits per heavy atom. The van der Waals surface area contributed by atoms with Crippen molar-refractivity contribution in [1.29, 1.82) is 0 Å². The molecule has 8 heteroatoms. The highest BCUT2D eigenvalue weighted by Crippen LogP contribution is 2.23. The van der Waals surface area contributed by atoms with E-state index in [-0.39, 0.29) is 5.91 Å². The number of nitrogens with one attached hydrogen (secondary N) is 1. The molecule has 1 aliphatic rings. The van der Waals surface area contributed by atoms with Gasteiger partial charge in [-0.3, -0.25) is 9.69 Å². The number of likely N-dealkylation sites (tertiary alicyclic amines) is 1. The van der Waals surface area contributed by atoms with E-state index in [1.54, 1.807) is 32.4 Å². The molecule has 1 aliphatic heterocycles. The maximum atomic E-state index is 12.5. The van der Waals surface area contributed by atoms with Crippen LogP contribution in [0.25, 0.3) is 0 Å². The Morgan fingerprint density at radius 2 is 2.04 bits per heavy atom. The molecule has 27 heavy (non-hydrogen) atoms. The molecule has 2 aromatic rings. The summed E-state index contributed by atoms with van der Waals surface area (Å²) in [5.41, 5.74) is 0.528. The summed E-state index contributed by atoms with van der Waals surface area (Å²) < 4.78 is 15.7. The van der Waals surface area contributed by atoms with Crippen molar-refractivity contribution in [1.82, 2.24) is 20.4 Å². The topological polar surface area (TPSA) is 89.7 Å². The minimum atomic E-state index is -0.128. The van der Waals surface area contributed by atoms with E-state index in [0.717, 1.165) is 25.9 Å². The molecule has 1 atom stereocenters. The van der Waals surface area contributed by atoms with Gasteiger partial charge in [-0.05, 0) is 44.4 Å². The first-order valence-corrected chi connectivity index (χ1v) is 9.10. The molecule has 0 radical (unpaired) electrons. The normalized spacial score (nSPS) is 17.5. The number of aromatic nitrogens is 2. The molecule has 2 heterocycles. The number of carbonyl (C=O) groups is 1. The number of amides is 1. The van der Waals surface area contributed by atoms with Gasteiger partial charge in [0.25, 0.3) is 5.91 Å². The van der Waals surface area contributed by atoms with E-state index in [0.29, 0.717) is 47.8 Å². The summed E-state index contributed by atoms with van der Waals surface area (Å²) in [5.74, 6) is 2.74. The van der Waals surface area contributed by atoms with Crippen LogP contribution in [0.4, 0.5) is 0 Å². The van der Waals surface area contributed by atoms with E-state index in [4.69, 9.17) is 14.0 Å². The molecule has 0 bridgehead atoms. The number of nitrogens with zero attached hydrogens (tertiary/aromatic N) is 3. The molecule has 0 aliphatic carbocycles. The van der Waals surface area contributed by atoms with Crippen LogP contribution in [0.3, 0.4) is 0 Å². The van der Waals surface area contributed by atoms with Gasteiger partial charge in [0.15, 0.2) is 5.82 Å². The Morgan fingerprint density at radius 3 is 2.67 bits per heavy atom. The zero-order valence-corrected chi connectivity index (χ0v) is 16.0. The average Bonchev–Trinajstić information content (AvgIpc) is 3.10. The summed E-state index contributed by atoms with van der Waals surface area (Å²) in [5, 5.41) is 6.86. The van der Waals surface area contributed by atoms with Crippen LogP contribution in [0.1, 0.15) is 34.9 Å². The summed E-state index contributed by atoms with van der Waals surface area (Å²) >= 11 is 0. The summed E-state index contributed by atoms with van der Waals surface area (Å²) in [6.45, 7) is 4.98. The van der Waals surface area contributed by atoms with Gasteiger partial charge in [-0.2, -0.15) is 4.98 Å². The van der Waals surface area contributed by atoms with E-state index >= 15 is 0 Å². The van der Waals surface area contributed by atoms with Gasteiger partial charge in [0.2, 0.25) is 5.89 Å². The molecule has 1 saturated heterocycles. The smallest absolute Gasteiger partial charge is 0.251 e. The second kappa shape index (κ2) is 8.85. The first-order chi connectivity index (χ1) is 13.1. The van der Waals surface area contributed by atoms with Crippen molar-refractivity contribution in [3.8, 4) is 11.5 Å². The molecule has 0 spiro atoms. The highest BCUT2D eigenvalue weighted by Gasteiger charge is 2.22. The number of rotatable bonds is 7. The van der Waals surface area contributed by atoms with Gasteiger partial charge in [-0.25, -0.2) is 0 Å². The maximum Gasteiger partial charge on any atom is 0.251 e. The number of benzene rings is 1. The second-order valence-electron chi connectivity index (χ2n) is 6.79. The van der Waals surface area contributed by atoms with E-state index in [1.807, 2.05) is 6.92 Å². The van der Waals surface area contributed by atoms with Gasteiger partial charge in [0.05, 0.1) is 20.8 Å². The summed E-state index contributed by atoms with van der Waals surface area (Å²) in [6, 6.07) is 5.17. The molecule has 1 aromatic carbocycles. The molecule has 146 valence electrons. The van der Waals surface area contributed by atoms with E-state index in [2.05, 4.69) is 20.4 Å². The van der Waals surface area contributed by atoms with Crippen LogP contribution < -0.4 is 14.8 Å². The fourth-order valence-electron chi connectivity index (χ4n) is 3.33. The third kappa shape index (κ3) is 5.19. The van der Waals surface area contributed by atoms with Crippen molar-refractivity contribution in [3.05, 3.63) is 35.5 Å². The number of methoxy groups -OCH3 is 2. The standard InChI is InChI=1S/C19H26N4O4/c1-13-21-18(27-22-13)12-23-6-4-5-14(11-23)10-20-19(24)15-7-16(25-2)9-17(8-15)26-3/h7-9,14H,4-6,10-12H2,1-3H3,(H,20,24)/t14-/m0/s1. The van der Waals surface area contributed by atoms with Crippen molar-refractivity contribution < 1.29 is 18.8 Å². The number of hydrogen-bond donors (Lipinski definition) is 1. The Kier molecular flexibility index (Phi) is 6.28. The summed E-state index contributed by atoms with van der Waals surface area (Å²) in [6.07, 6.45) is 2.17. The quantitative estimate of drug-likeness (QED) is 0.793. The molecule has 1 N–H and O–H groups in total. The van der Waals surface area contributed by atoms with Crippen molar-refractivity contribution >= 4 is 5.91 Å². The molecule has 1 aromatic heterocycles. The van der Waals surface area contributed by atoms with Crippen LogP contribution in [0.5, 0.6) is 11.5 Å². The van der Waals surface area contributed by atoms with E-state index in [1.165, 1.54) is 0 Å². The minimum Gasteiger partial charge on any atom is -0.497 e. The van der Waals surface area contributed by atoms with Crippen molar-refractivity contribution in [2.24, 2.45) is 5.92 Å². The molecule has 0 unspecified atom stereocenters. The lowest BCUT2D eigenvalue weighted by atomic mass is 9.98. The van der Waals surface area contributed by atoms with Crippen LogP contribution in [0.2, 0.25) is 0 Å². The maximum absolute atomic E-state index is 12.5. The van der Waals surface area contributed by atoms with Crippen molar-refractivity contribution in [2.45, 2.75) is 26.3 Å². The Bertz CT molecular complexity index is 755. The number of aryl methyl sites for hydroxylation is 1. The van der Waals surface area contributed by atoms with Crippen molar-refractivity contribution in [2.75, 3.05) is 33.9 Å². The monoisotopic (exact) mass is 374 g/mol. The molecular weight excluding hydrogens is 348 g/mol. The van der Waals surface area contributed by atoms with Crippen LogP contribution in [-0.2, 0) is 6.54 Å². The molecule has 0 saturated carbocycles. The number of ether oxygens (including phenoxy) is 2. The molecular formula is C19H26N4O4. The van der Waals surface area contributed by atoms with Gasteiger partial charge in [0, 0.05) is 24.7 Å². The summed E-state index contributed by atoms with van der Waals surface area (Å²) in [4.78, 5) is 19.1. The first kappa shape index (κ1) is 19.2. The van der Waals surface area contributed by atoms with Gasteiger partial charge < -0.3 is 19.3 Å². The van der Waals surface area contributed by atoms with Crippen LogP contribution in [-0.4, -0.2) is 54.8 Å². The Labute approximate surface area is 158 Å². The van der Waals surface area contributed by atoms with E-state index in [9.17, 15) is 4.79 Å². The number of carbonyl (C=O) groups excluding carboxylic acids is 1. The van der Waals surface area contributed by atoms with Crippen LogP contribution in [0.15, 0.2) is 22.7 Å². The fourth-order valence-corrected chi connectivity index (χ4v) is 3.33. The third-order valence-electron chi connectivity index (χ3n) is 4.70. The zero-order valence-electron chi connectivity index (χ0n) is 16.0. The van der Waals surface area contributed by atoms with Gasteiger partial charge >= 0.3 is 0 Å². The first-order valence-electron chi connectivity index (χ1n) is 9.10. The van der Waals surface area contributed by atoms with Crippen LogP contribution >= 0.6 is 0 Å². The largest absolute Gasteiger partial charge is 0.497 e.